The van der Waals surface area contributed by atoms with E-state index in [0.29, 0.717) is 4.90 Å². The molecule has 0 aromatic heterocycles. The molecule has 8 heteroatoms. The normalized spacial score (nSPS) is 13.2. The first-order valence-corrected chi connectivity index (χ1v) is 5.35. The van der Waals surface area contributed by atoms with Crippen LogP contribution in [-0.2, 0) is 24.0 Å². The maximum absolute atomic E-state index is 11.7. The molecule has 0 aliphatic rings. The van der Waals surface area contributed by atoms with E-state index in [1.54, 1.807) is 0 Å². The fourth-order valence-corrected chi connectivity index (χ4v) is 1.85. The maximum Gasteiger partial charge on any atom is 0.337 e. The number of carbonyl (C=O) groups is 5. The average molecular weight is 273 g/mol. The van der Waals surface area contributed by atoms with Crippen molar-refractivity contribution < 1.29 is 34.2 Å². The standard InChI is InChI=1S/C11H15NO7/c1-6(13)11(10(18)19,5-4-9(16)17)12(7(2)14)8(3)15/h4-5H2,1-3H3,(H,16,17)(H,18,19). The van der Waals surface area contributed by atoms with Crippen molar-refractivity contribution in [2.75, 3.05) is 0 Å². The average Bonchev–Trinajstić information content (AvgIpc) is 2.21. The van der Waals surface area contributed by atoms with Crippen LogP contribution in [0.1, 0.15) is 33.6 Å². The zero-order chi connectivity index (χ0) is 15.4. The zero-order valence-electron chi connectivity index (χ0n) is 10.8. The number of carboxylic acids is 2. The molecule has 0 fully saturated rings. The third-order valence-electron chi connectivity index (χ3n) is 2.65. The van der Waals surface area contributed by atoms with E-state index in [9.17, 15) is 29.1 Å². The maximum atomic E-state index is 11.7. The van der Waals surface area contributed by atoms with Gasteiger partial charge >= 0.3 is 11.9 Å². The molecule has 19 heavy (non-hydrogen) atoms. The summed E-state index contributed by atoms with van der Waals surface area (Å²) >= 11 is 0. The number of carboxylic acid groups (broad SMARTS) is 2. The van der Waals surface area contributed by atoms with Crippen LogP contribution in [0.25, 0.3) is 0 Å². The number of rotatable bonds is 6. The van der Waals surface area contributed by atoms with Gasteiger partial charge in [-0.05, 0) is 13.3 Å². The van der Waals surface area contributed by atoms with Crippen LogP contribution in [0.3, 0.4) is 0 Å². The van der Waals surface area contributed by atoms with Gasteiger partial charge in [-0.1, -0.05) is 0 Å². The van der Waals surface area contributed by atoms with Crippen molar-refractivity contribution in [2.24, 2.45) is 0 Å². The Morgan fingerprint density at radius 2 is 1.37 bits per heavy atom. The van der Waals surface area contributed by atoms with Gasteiger partial charge in [-0.15, -0.1) is 0 Å². The smallest absolute Gasteiger partial charge is 0.337 e. The Morgan fingerprint density at radius 1 is 0.947 bits per heavy atom. The molecule has 0 radical (unpaired) electrons. The lowest BCUT2D eigenvalue weighted by molar-refractivity contribution is -0.170. The Labute approximate surface area is 109 Å². The highest BCUT2D eigenvalue weighted by atomic mass is 16.4. The Bertz CT molecular complexity index is 412. The summed E-state index contributed by atoms with van der Waals surface area (Å²) in [5.41, 5.74) is -2.48. The van der Waals surface area contributed by atoms with Crippen molar-refractivity contribution in [1.82, 2.24) is 4.90 Å². The van der Waals surface area contributed by atoms with Gasteiger partial charge in [0.15, 0.2) is 5.78 Å². The highest BCUT2D eigenvalue weighted by molar-refractivity contribution is 6.13. The van der Waals surface area contributed by atoms with E-state index < -0.39 is 47.9 Å². The molecule has 1 unspecified atom stereocenters. The lowest BCUT2D eigenvalue weighted by atomic mass is 9.86. The van der Waals surface area contributed by atoms with E-state index in [2.05, 4.69) is 0 Å². The Morgan fingerprint density at radius 3 is 1.58 bits per heavy atom. The molecule has 8 nitrogen and oxygen atoms in total. The number of hydrogen-bond donors (Lipinski definition) is 2. The highest BCUT2D eigenvalue weighted by Crippen LogP contribution is 2.25. The van der Waals surface area contributed by atoms with Crippen molar-refractivity contribution >= 4 is 29.5 Å². The predicted octanol–water partition coefficient (Wildman–Crippen LogP) is -0.341. The van der Waals surface area contributed by atoms with Gasteiger partial charge in [0.25, 0.3) is 0 Å². The van der Waals surface area contributed by atoms with Gasteiger partial charge < -0.3 is 10.2 Å². The van der Waals surface area contributed by atoms with E-state index in [1.165, 1.54) is 0 Å². The minimum atomic E-state index is -2.48. The Balaban J connectivity index is 5.89. The quantitative estimate of drug-likeness (QED) is 0.633. The fraction of sp³-hybridized carbons (Fsp3) is 0.545. The Kier molecular flexibility index (Phi) is 5.36. The van der Waals surface area contributed by atoms with Crippen LogP contribution >= 0.6 is 0 Å². The van der Waals surface area contributed by atoms with Gasteiger partial charge in [-0.3, -0.25) is 24.1 Å². The molecular weight excluding hydrogens is 258 g/mol. The van der Waals surface area contributed by atoms with Crippen molar-refractivity contribution in [1.29, 1.82) is 0 Å². The summed E-state index contributed by atoms with van der Waals surface area (Å²) in [4.78, 5) is 56.7. The molecule has 0 aromatic carbocycles. The molecule has 0 saturated heterocycles. The number of amides is 2. The van der Waals surface area contributed by atoms with Crippen molar-refractivity contribution in [3.63, 3.8) is 0 Å². The molecule has 106 valence electrons. The number of ketones is 1. The third kappa shape index (κ3) is 3.36. The van der Waals surface area contributed by atoms with E-state index in [-0.39, 0.29) is 0 Å². The van der Waals surface area contributed by atoms with Crippen LogP contribution in [0.4, 0.5) is 0 Å². The third-order valence-corrected chi connectivity index (χ3v) is 2.65. The van der Waals surface area contributed by atoms with Crippen molar-refractivity contribution in [3.05, 3.63) is 0 Å². The Hall–Kier alpha value is -2.25. The molecule has 0 aliphatic heterocycles. The monoisotopic (exact) mass is 273 g/mol. The summed E-state index contributed by atoms with van der Waals surface area (Å²) in [5.74, 6) is -5.91. The van der Waals surface area contributed by atoms with Crippen molar-refractivity contribution in [2.45, 2.75) is 39.2 Å². The minimum absolute atomic E-state index is 0.292. The second kappa shape index (κ2) is 6.07. The molecule has 0 rings (SSSR count). The molecular formula is C11H15NO7. The van der Waals surface area contributed by atoms with Gasteiger partial charge in [-0.2, -0.15) is 0 Å². The lowest BCUT2D eigenvalue weighted by Gasteiger charge is -2.35. The molecule has 0 aliphatic carbocycles. The molecule has 1 atom stereocenters. The number of aliphatic carboxylic acids is 2. The largest absolute Gasteiger partial charge is 0.481 e. The summed E-state index contributed by atoms with van der Waals surface area (Å²) in [5, 5.41) is 17.8. The molecule has 0 heterocycles. The molecule has 0 aromatic rings. The van der Waals surface area contributed by atoms with Crippen LogP contribution in [0.15, 0.2) is 0 Å². The number of nitrogens with zero attached hydrogens (tertiary/aromatic N) is 1. The number of imide groups is 1. The summed E-state index contributed by atoms with van der Waals surface area (Å²) in [6.45, 7) is 2.76. The summed E-state index contributed by atoms with van der Waals surface area (Å²) < 4.78 is 0. The first-order chi connectivity index (χ1) is 8.57. The van der Waals surface area contributed by atoms with Gasteiger partial charge in [0, 0.05) is 20.3 Å². The SMILES string of the molecule is CC(=O)N(C(C)=O)C(CCC(=O)O)(C(C)=O)C(=O)O. The number of Topliss-reactive ketones (excluding diaryl/α,β-unsaturated/α-hetero) is 1. The topological polar surface area (TPSA) is 129 Å². The first-order valence-electron chi connectivity index (χ1n) is 5.35. The summed E-state index contributed by atoms with van der Waals surface area (Å²) in [6, 6.07) is 0. The van der Waals surface area contributed by atoms with Gasteiger partial charge in [0.05, 0.1) is 0 Å². The van der Waals surface area contributed by atoms with Crippen LogP contribution in [0, 0.1) is 0 Å². The van der Waals surface area contributed by atoms with Gasteiger partial charge in [0.1, 0.15) is 0 Å². The fourth-order valence-electron chi connectivity index (χ4n) is 1.85. The molecule has 0 spiro atoms. The minimum Gasteiger partial charge on any atom is -0.481 e. The summed E-state index contributed by atoms with van der Waals surface area (Å²) in [6.07, 6.45) is -1.34. The summed E-state index contributed by atoms with van der Waals surface area (Å²) in [7, 11) is 0. The van der Waals surface area contributed by atoms with E-state index >= 15 is 0 Å². The van der Waals surface area contributed by atoms with Crippen LogP contribution < -0.4 is 0 Å². The van der Waals surface area contributed by atoms with Gasteiger partial charge in [0.2, 0.25) is 17.4 Å². The number of carbonyl (C=O) groups excluding carboxylic acids is 3. The van der Waals surface area contributed by atoms with Crippen LogP contribution in [0.2, 0.25) is 0 Å². The van der Waals surface area contributed by atoms with E-state index in [1.807, 2.05) is 0 Å². The second-order valence-electron chi connectivity index (χ2n) is 3.99. The molecule has 2 N–H and O–H groups in total. The molecule has 0 bridgehead atoms. The van der Waals surface area contributed by atoms with E-state index in [0.717, 1.165) is 20.8 Å². The highest BCUT2D eigenvalue weighted by Gasteiger charge is 2.52. The predicted molar refractivity (Wildman–Crippen MR) is 61.1 cm³/mol. The number of hydrogen-bond acceptors (Lipinski definition) is 5. The molecule has 0 saturated carbocycles. The lowest BCUT2D eigenvalue weighted by Crippen LogP contribution is -2.62. The molecule has 2 amide bonds. The zero-order valence-corrected chi connectivity index (χ0v) is 10.8. The second-order valence-corrected chi connectivity index (χ2v) is 3.99. The van der Waals surface area contributed by atoms with Crippen molar-refractivity contribution in [3.8, 4) is 0 Å². The van der Waals surface area contributed by atoms with Gasteiger partial charge in [-0.25, -0.2) is 4.79 Å². The van der Waals surface area contributed by atoms with Crippen LogP contribution in [0.5, 0.6) is 0 Å². The van der Waals surface area contributed by atoms with Crippen LogP contribution in [-0.4, -0.2) is 50.2 Å². The van der Waals surface area contributed by atoms with E-state index in [4.69, 9.17) is 5.11 Å². The first kappa shape index (κ1) is 16.8.